The molecule has 34 heavy (non-hydrogen) atoms. The number of aromatic nitrogens is 2. The molecule has 0 fully saturated rings. The van der Waals surface area contributed by atoms with Crippen molar-refractivity contribution >= 4 is 16.9 Å². The lowest BCUT2D eigenvalue weighted by Crippen LogP contribution is -2.27. The van der Waals surface area contributed by atoms with Gasteiger partial charge in [0.15, 0.2) is 0 Å². The van der Waals surface area contributed by atoms with E-state index in [-0.39, 0.29) is 5.91 Å². The average molecular weight is 456 g/mol. The molecule has 5 nitrogen and oxygen atoms in total. The monoisotopic (exact) mass is 455 g/mol. The first-order valence-electron chi connectivity index (χ1n) is 12.0. The van der Waals surface area contributed by atoms with Crippen LogP contribution in [-0.2, 0) is 13.0 Å². The molecule has 1 amide bonds. The summed E-state index contributed by atoms with van der Waals surface area (Å²) in [6, 6.07) is 22.1. The van der Waals surface area contributed by atoms with Gasteiger partial charge in [-0.05, 0) is 80.6 Å². The van der Waals surface area contributed by atoms with Crippen molar-refractivity contribution in [2.45, 2.75) is 46.6 Å². The minimum atomic E-state index is -0.0377. The molecule has 0 aliphatic carbocycles. The fourth-order valence-corrected chi connectivity index (χ4v) is 4.14. The third-order valence-electron chi connectivity index (χ3n) is 6.28. The molecule has 5 heteroatoms. The minimum Gasteiger partial charge on any atom is -0.494 e. The highest BCUT2D eigenvalue weighted by molar-refractivity contribution is 5.95. The summed E-state index contributed by atoms with van der Waals surface area (Å²) in [5.41, 5.74) is 6.37. The maximum Gasteiger partial charge on any atom is 0.251 e. The minimum absolute atomic E-state index is 0.0377. The Balaban J connectivity index is 1.34. The largest absolute Gasteiger partial charge is 0.494 e. The van der Waals surface area contributed by atoms with E-state index in [1.807, 2.05) is 55.5 Å². The summed E-state index contributed by atoms with van der Waals surface area (Å²) >= 11 is 0. The van der Waals surface area contributed by atoms with Crippen LogP contribution in [0.2, 0.25) is 0 Å². The van der Waals surface area contributed by atoms with E-state index in [9.17, 15) is 4.79 Å². The van der Waals surface area contributed by atoms with Gasteiger partial charge in [0.05, 0.1) is 17.6 Å². The number of nitrogens with one attached hydrogen (secondary N) is 1. The second kappa shape index (κ2) is 11.0. The van der Waals surface area contributed by atoms with Crippen LogP contribution in [0.4, 0.5) is 0 Å². The highest BCUT2D eigenvalue weighted by Crippen LogP contribution is 2.19. The van der Waals surface area contributed by atoms with Crippen LogP contribution in [0.5, 0.6) is 5.75 Å². The van der Waals surface area contributed by atoms with Crippen molar-refractivity contribution in [3.8, 4) is 5.75 Å². The third kappa shape index (κ3) is 5.66. The number of carbonyl (C=O) groups is 1. The second-order valence-electron chi connectivity index (χ2n) is 8.79. The van der Waals surface area contributed by atoms with E-state index in [0.29, 0.717) is 19.6 Å². The zero-order valence-electron chi connectivity index (χ0n) is 20.3. The van der Waals surface area contributed by atoms with E-state index in [2.05, 4.69) is 41.9 Å². The number of benzene rings is 3. The summed E-state index contributed by atoms with van der Waals surface area (Å²) in [4.78, 5) is 17.4. The van der Waals surface area contributed by atoms with E-state index >= 15 is 0 Å². The number of amides is 1. The van der Waals surface area contributed by atoms with E-state index in [0.717, 1.165) is 53.1 Å². The molecule has 0 saturated heterocycles. The molecule has 0 aliphatic rings. The Morgan fingerprint density at radius 1 is 0.912 bits per heavy atom. The molecule has 0 radical (unpaired) electrons. The number of unbranched alkanes of at least 4 members (excludes halogenated alkanes) is 1. The van der Waals surface area contributed by atoms with Gasteiger partial charge in [-0.1, -0.05) is 36.4 Å². The summed E-state index contributed by atoms with van der Waals surface area (Å²) in [6.45, 7) is 8.29. The van der Waals surface area contributed by atoms with Crippen LogP contribution < -0.4 is 10.1 Å². The number of rotatable bonds is 10. The fraction of sp³-hybridized carbons (Fsp3) is 0.310. The van der Waals surface area contributed by atoms with E-state index in [1.165, 1.54) is 11.1 Å². The molecule has 176 valence electrons. The number of carbonyl (C=O) groups excluding carboxylic acids is 1. The topological polar surface area (TPSA) is 56.1 Å². The zero-order chi connectivity index (χ0) is 23.9. The third-order valence-corrected chi connectivity index (χ3v) is 6.28. The van der Waals surface area contributed by atoms with Crippen LogP contribution in [0.3, 0.4) is 0 Å². The van der Waals surface area contributed by atoms with Gasteiger partial charge in [-0.2, -0.15) is 0 Å². The van der Waals surface area contributed by atoms with E-state index < -0.39 is 0 Å². The lowest BCUT2D eigenvalue weighted by Gasteiger charge is -2.12. The number of fused-ring (bicyclic) bond motifs is 1. The molecule has 0 atom stereocenters. The van der Waals surface area contributed by atoms with Gasteiger partial charge in [0.1, 0.15) is 11.6 Å². The van der Waals surface area contributed by atoms with Gasteiger partial charge in [-0.25, -0.2) is 4.98 Å². The molecule has 3 aromatic carbocycles. The van der Waals surface area contributed by atoms with Crippen LogP contribution in [0.15, 0.2) is 66.7 Å². The fourth-order valence-electron chi connectivity index (χ4n) is 4.14. The average Bonchev–Trinajstić information content (AvgIpc) is 3.18. The van der Waals surface area contributed by atoms with Crippen molar-refractivity contribution in [1.82, 2.24) is 14.9 Å². The SMILES string of the molecule is Cc1ccc(OCCCCn2c(CCNC(=O)c3ccccc3C)nc3ccccc32)cc1C. The van der Waals surface area contributed by atoms with Gasteiger partial charge >= 0.3 is 0 Å². The zero-order valence-corrected chi connectivity index (χ0v) is 20.3. The maximum absolute atomic E-state index is 12.6. The van der Waals surface area contributed by atoms with Crippen LogP contribution in [0.1, 0.15) is 45.7 Å². The van der Waals surface area contributed by atoms with Crippen LogP contribution >= 0.6 is 0 Å². The van der Waals surface area contributed by atoms with Gasteiger partial charge in [0.2, 0.25) is 0 Å². The van der Waals surface area contributed by atoms with Gasteiger partial charge in [0.25, 0.3) is 5.91 Å². The van der Waals surface area contributed by atoms with Crippen molar-refractivity contribution in [3.63, 3.8) is 0 Å². The molecule has 0 aliphatic heterocycles. The standard InChI is InChI=1S/C29H33N3O2/c1-21-14-15-24(20-23(21)3)34-19-9-8-18-32-27-13-7-6-12-26(27)31-28(32)16-17-30-29(33)25-11-5-4-10-22(25)2/h4-7,10-15,20H,8-9,16-19H2,1-3H3,(H,30,33). The Morgan fingerprint density at radius 2 is 1.71 bits per heavy atom. The first kappa shape index (κ1) is 23.6. The second-order valence-corrected chi connectivity index (χ2v) is 8.79. The smallest absolute Gasteiger partial charge is 0.251 e. The van der Waals surface area contributed by atoms with Crippen LogP contribution in [0.25, 0.3) is 11.0 Å². The Labute approximate surface area is 201 Å². The van der Waals surface area contributed by atoms with Crippen LogP contribution in [-0.4, -0.2) is 28.6 Å². The highest BCUT2D eigenvalue weighted by Gasteiger charge is 2.12. The summed E-state index contributed by atoms with van der Waals surface area (Å²) < 4.78 is 8.23. The quantitative estimate of drug-likeness (QED) is 0.308. The molecule has 1 heterocycles. The van der Waals surface area contributed by atoms with Gasteiger partial charge < -0.3 is 14.6 Å². The molecule has 0 unspecified atom stereocenters. The summed E-state index contributed by atoms with van der Waals surface area (Å²) in [5, 5.41) is 3.05. The van der Waals surface area contributed by atoms with Crippen molar-refractivity contribution in [1.29, 1.82) is 0 Å². The first-order chi connectivity index (χ1) is 16.5. The molecular weight excluding hydrogens is 422 g/mol. The predicted molar refractivity (Wildman–Crippen MR) is 138 cm³/mol. The number of hydrogen-bond donors (Lipinski definition) is 1. The molecule has 1 aromatic heterocycles. The predicted octanol–water partition coefficient (Wildman–Crippen LogP) is 5.79. The lowest BCUT2D eigenvalue weighted by molar-refractivity contribution is 0.0953. The first-order valence-corrected chi connectivity index (χ1v) is 12.0. The Bertz CT molecular complexity index is 1280. The Hall–Kier alpha value is -3.60. The number of ether oxygens (including phenoxy) is 1. The van der Waals surface area contributed by atoms with Gasteiger partial charge in [0, 0.05) is 25.1 Å². The number of hydrogen-bond acceptors (Lipinski definition) is 3. The Morgan fingerprint density at radius 3 is 2.53 bits per heavy atom. The molecule has 1 N–H and O–H groups in total. The summed E-state index contributed by atoms with van der Waals surface area (Å²) in [6.07, 6.45) is 2.64. The lowest BCUT2D eigenvalue weighted by atomic mass is 10.1. The number of nitrogens with zero attached hydrogens (tertiary/aromatic N) is 2. The molecule has 0 bridgehead atoms. The van der Waals surface area contributed by atoms with Gasteiger partial charge in [-0.3, -0.25) is 4.79 Å². The normalized spacial score (nSPS) is 11.0. The molecule has 4 rings (SSSR count). The van der Waals surface area contributed by atoms with Crippen molar-refractivity contribution in [2.24, 2.45) is 0 Å². The van der Waals surface area contributed by atoms with E-state index in [4.69, 9.17) is 9.72 Å². The van der Waals surface area contributed by atoms with Crippen molar-refractivity contribution in [2.75, 3.05) is 13.2 Å². The summed E-state index contributed by atoms with van der Waals surface area (Å²) in [7, 11) is 0. The van der Waals surface area contributed by atoms with E-state index in [1.54, 1.807) is 0 Å². The number of imidazole rings is 1. The van der Waals surface area contributed by atoms with Gasteiger partial charge in [-0.15, -0.1) is 0 Å². The Kier molecular flexibility index (Phi) is 7.63. The van der Waals surface area contributed by atoms with Crippen LogP contribution in [0, 0.1) is 20.8 Å². The highest BCUT2D eigenvalue weighted by atomic mass is 16.5. The number of aryl methyl sites for hydroxylation is 4. The van der Waals surface area contributed by atoms with Crippen molar-refractivity contribution in [3.05, 3.63) is 94.8 Å². The summed E-state index contributed by atoms with van der Waals surface area (Å²) in [5.74, 6) is 1.90. The maximum atomic E-state index is 12.6. The van der Waals surface area contributed by atoms with Crippen molar-refractivity contribution < 1.29 is 9.53 Å². The molecule has 0 spiro atoms. The molecular formula is C29H33N3O2. The molecule has 0 saturated carbocycles. The number of para-hydroxylation sites is 2. The molecule has 4 aromatic rings.